The molecule has 0 saturated carbocycles. The molecule has 2 aromatic heterocycles. The van der Waals surface area contributed by atoms with Crippen molar-refractivity contribution in [3.63, 3.8) is 0 Å². The van der Waals surface area contributed by atoms with Crippen LogP contribution < -0.4 is 5.32 Å². The molecule has 4 rings (SSSR count). The van der Waals surface area contributed by atoms with Crippen LogP contribution in [0, 0.1) is 0 Å². The van der Waals surface area contributed by atoms with Crippen molar-refractivity contribution in [3.8, 4) is 0 Å². The van der Waals surface area contributed by atoms with Gasteiger partial charge in [-0.3, -0.25) is 4.79 Å². The van der Waals surface area contributed by atoms with Gasteiger partial charge in [0.15, 0.2) is 17.8 Å². The Labute approximate surface area is 145 Å². The molecule has 128 valence electrons. The van der Waals surface area contributed by atoms with E-state index < -0.39 is 0 Å². The third-order valence-electron chi connectivity index (χ3n) is 4.75. The van der Waals surface area contributed by atoms with Crippen LogP contribution in [0.4, 0.5) is 0 Å². The van der Waals surface area contributed by atoms with Gasteiger partial charge >= 0.3 is 0 Å². The van der Waals surface area contributed by atoms with Crippen LogP contribution in [0.2, 0.25) is 0 Å². The Morgan fingerprint density at radius 3 is 3.08 bits per heavy atom. The third-order valence-corrected chi connectivity index (χ3v) is 5.99. The number of nitrogens with one attached hydrogen (secondary N) is 1. The first-order valence-electron chi connectivity index (χ1n) is 8.75. The summed E-state index contributed by atoms with van der Waals surface area (Å²) in [5.41, 5.74) is 1.84. The van der Waals surface area contributed by atoms with Crippen LogP contribution in [0.1, 0.15) is 69.8 Å². The Hall–Kier alpha value is -1.66. The molecule has 3 heterocycles. The van der Waals surface area contributed by atoms with E-state index >= 15 is 0 Å². The van der Waals surface area contributed by atoms with Crippen molar-refractivity contribution in [2.24, 2.45) is 0 Å². The van der Waals surface area contributed by atoms with E-state index in [4.69, 9.17) is 9.15 Å². The zero-order valence-corrected chi connectivity index (χ0v) is 14.5. The fraction of sp³-hybridized carbons (Fsp3) is 0.556. The molecule has 1 amide bonds. The number of oxazole rings is 1. The molecule has 2 aliphatic rings. The molecular formula is C18H22N2O3S. The number of hydrogen-bond donors (Lipinski definition) is 1. The normalized spacial score (nSPS) is 20.6. The number of hydrogen-bond acceptors (Lipinski definition) is 5. The highest BCUT2D eigenvalue weighted by atomic mass is 32.1. The van der Waals surface area contributed by atoms with E-state index in [1.807, 2.05) is 11.3 Å². The molecule has 1 aliphatic carbocycles. The van der Waals surface area contributed by atoms with Crippen molar-refractivity contribution >= 4 is 17.2 Å². The molecule has 1 fully saturated rings. The van der Waals surface area contributed by atoms with Gasteiger partial charge in [0, 0.05) is 16.4 Å². The van der Waals surface area contributed by atoms with Gasteiger partial charge < -0.3 is 14.5 Å². The van der Waals surface area contributed by atoms with Crippen LogP contribution in [0.3, 0.4) is 0 Å². The van der Waals surface area contributed by atoms with Gasteiger partial charge in [0.25, 0.3) is 5.91 Å². The number of thiophene rings is 1. The van der Waals surface area contributed by atoms with Crippen molar-refractivity contribution < 1.29 is 13.9 Å². The van der Waals surface area contributed by atoms with Crippen LogP contribution in [0.5, 0.6) is 0 Å². The van der Waals surface area contributed by atoms with Crippen LogP contribution >= 0.6 is 11.3 Å². The molecule has 6 heteroatoms. The van der Waals surface area contributed by atoms with Crippen LogP contribution in [-0.2, 0) is 24.1 Å². The van der Waals surface area contributed by atoms with Crippen LogP contribution in [0.25, 0.3) is 0 Å². The SMILES string of the molecule is O=C(NCc1cc2c(s1)CCCCC2)c1ncoc1[C@H]1CCCO1. The first-order valence-corrected chi connectivity index (χ1v) is 9.56. The number of amides is 1. The summed E-state index contributed by atoms with van der Waals surface area (Å²) in [7, 11) is 0. The average molecular weight is 346 g/mol. The summed E-state index contributed by atoms with van der Waals surface area (Å²) < 4.78 is 11.0. The Kier molecular flexibility index (Phi) is 4.67. The second-order valence-corrected chi connectivity index (χ2v) is 7.69. The smallest absolute Gasteiger partial charge is 0.273 e. The van der Waals surface area contributed by atoms with Crippen molar-refractivity contribution in [1.82, 2.24) is 10.3 Å². The quantitative estimate of drug-likeness (QED) is 0.856. The summed E-state index contributed by atoms with van der Waals surface area (Å²) in [6.07, 6.45) is 9.31. The van der Waals surface area contributed by atoms with E-state index in [-0.39, 0.29) is 12.0 Å². The zero-order chi connectivity index (χ0) is 16.4. The van der Waals surface area contributed by atoms with Crippen molar-refractivity contribution in [2.75, 3.05) is 6.61 Å². The van der Waals surface area contributed by atoms with Crippen molar-refractivity contribution in [3.05, 3.63) is 39.2 Å². The standard InChI is InChI=1S/C18H22N2O3S/c21-18(16-17(23-11-20-16)14-6-4-8-22-14)19-10-13-9-12-5-2-1-3-7-15(12)24-13/h9,11,14H,1-8,10H2,(H,19,21)/t14-/m1/s1. The largest absolute Gasteiger partial charge is 0.445 e. The fourth-order valence-electron chi connectivity index (χ4n) is 3.51. The minimum Gasteiger partial charge on any atom is -0.445 e. The van der Waals surface area contributed by atoms with Gasteiger partial charge in [-0.15, -0.1) is 11.3 Å². The number of carbonyl (C=O) groups is 1. The molecule has 2 aromatic rings. The summed E-state index contributed by atoms with van der Waals surface area (Å²) in [5.74, 6) is 0.379. The zero-order valence-electron chi connectivity index (χ0n) is 13.7. The van der Waals surface area contributed by atoms with E-state index in [0.29, 0.717) is 24.6 Å². The molecular weight excluding hydrogens is 324 g/mol. The topological polar surface area (TPSA) is 64.4 Å². The molecule has 1 atom stereocenters. The number of ether oxygens (including phenoxy) is 1. The predicted octanol–water partition coefficient (Wildman–Crippen LogP) is 3.79. The Bertz CT molecular complexity index is 692. The summed E-state index contributed by atoms with van der Waals surface area (Å²) in [6.45, 7) is 1.27. The summed E-state index contributed by atoms with van der Waals surface area (Å²) >= 11 is 1.83. The molecule has 24 heavy (non-hydrogen) atoms. The fourth-order valence-corrected chi connectivity index (χ4v) is 4.71. The molecule has 0 unspecified atom stereocenters. The van der Waals surface area contributed by atoms with E-state index in [1.165, 1.54) is 53.8 Å². The summed E-state index contributed by atoms with van der Waals surface area (Å²) in [6, 6.07) is 2.26. The summed E-state index contributed by atoms with van der Waals surface area (Å²) in [4.78, 5) is 19.3. The molecule has 0 bridgehead atoms. The Morgan fingerprint density at radius 2 is 2.21 bits per heavy atom. The second kappa shape index (κ2) is 7.07. The molecule has 0 aromatic carbocycles. The number of fused-ring (bicyclic) bond motifs is 1. The van der Waals surface area contributed by atoms with Gasteiger partial charge in [-0.1, -0.05) is 6.42 Å². The van der Waals surface area contributed by atoms with Crippen molar-refractivity contribution in [1.29, 1.82) is 0 Å². The number of aromatic nitrogens is 1. The van der Waals surface area contributed by atoms with Crippen LogP contribution in [-0.4, -0.2) is 17.5 Å². The lowest BCUT2D eigenvalue weighted by molar-refractivity contribution is 0.0860. The Morgan fingerprint density at radius 1 is 1.29 bits per heavy atom. The molecule has 1 saturated heterocycles. The highest BCUT2D eigenvalue weighted by Crippen LogP contribution is 2.31. The van der Waals surface area contributed by atoms with E-state index in [0.717, 1.165) is 12.8 Å². The van der Waals surface area contributed by atoms with Crippen LogP contribution in [0.15, 0.2) is 16.9 Å². The highest BCUT2D eigenvalue weighted by molar-refractivity contribution is 7.12. The van der Waals surface area contributed by atoms with Gasteiger partial charge in [0.2, 0.25) is 0 Å². The van der Waals surface area contributed by atoms with Gasteiger partial charge in [-0.05, 0) is 50.2 Å². The predicted molar refractivity (Wildman–Crippen MR) is 91.2 cm³/mol. The molecule has 0 radical (unpaired) electrons. The maximum Gasteiger partial charge on any atom is 0.273 e. The lowest BCUT2D eigenvalue weighted by Crippen LogP contribution is -2.24. The molecule has 1 N–H and O–H groups in total. The molecule has 1 aliphatic heterocycles. The minimum absolute atomic E-state index is 0.133. The van der Waals surface area contributed by atoms with Gasteiger partial charge in [-0.2, -0.15) is 0 Å². The number of nitrogens with zero attached hydrogens (tertiary/aromatic N) is 1. The summed E-state index contributed by atoms with van der Waals surface area (Å²) in [5, 5.41) is 2.98. The lowest BCUT2D eigenvalue weighted by atomic mass is 10.1. The first kappa shape index (κ1) is 15.8. The maximum atomic E-state index is 12.5. The number of aryl methyl sites for hydroxylation is 2. The molecule has 5 nitrogen and oxygen atoms in total. The average Bonchev–Trinajstić information content (AvgIpc) is 3.31. The van der Waals surface area contributed by atoms with Gasteiger partial charge in [0.05, 0.1) is 6.54 Å². The third kappa shape index (κ3) is 3.26. The van der Waals surface area contributed by atoms with E-state index in [2.05, 4.69) is 16.4 Å². The van der Waals surface area contributed by atoms with Gasteiger partial charge in [-0.25, -0.2) is 4.98 Å². The second-order valence-electron chi connectivity index (χ2n) is 6.47. The van der Waals surface area contributed by atoms with E-state index in [9.17, 15) is 4.79 Å². The van der Waals surface area contributed by atoms with Crippen molar-refractivity contribution in [2.45, 2.75) is 57.6 Å². The van der Waals surface area contributed by atoms with Gasteiger partial charge in [0.1, 0.15) is 6.10 Å². The monoisotopic (exact) mass is 346 g/mol. The minimum atomic E-state index is -0.183. The van der Waals surface area contributed by atoms with E-state index in [1.54, 1.807) is 0 Å². The maximum absolute atomic E-state index is 12.5. The highest BCUT2D eigenvalue weighted by Gasteiger charge is 2.28. The lowest BCUT2D eigenvalue weighted by Gasteiger charge is -2.08. The number of rotatable bonds is 4. The number of carbonyl (C=O) groups excluding carboxylic acids is 1. The molecule has 0 spiro atoms. The Balaban J connectivity index is 1.41. The first-order chi connectivity index (χ1) is 11.8.